The van der Waals surface area contributed by atoms with Crippen molar-refractivity contribution in [3.63, 3.8) is 0 Å². The van der Waals surface area contributed by atoms with Gasteiger partial charge in [0.05, 0.1) is 0 Å². The molecule has 3 amide bonds. The molecule has 2 aliphatic rings. The molecule has 2 N–H and O–H groups in total. The fraction of sp³-hybridized carbons (Fsp3) is 0.812. The Morgan fingerprint density at radius 2 is 1.83 bits per heavy atom. The quantitative estimate of drug-likeness (QED) is 0.744. The number of aliphatic hydroxyl groups excluding tert-OH is 1. The van der Waals surface area contributed by atoms with Crippen LogP contribution in [0.15, 0.2) is 0 Å². The van der Waals surface area contributed by atoms with Gasteiger partial charge < -0.3 is 20.0 Å². The number of hydrogen-bond acceptors (Lipinski definition) is 4. The molecule has 24 heavy (non-hydrogen) atoms. The van der Waals surface area contributed by atoms with E-state index in [-0.39, 0.29) is 18.4 Å². The van der Waals surface area contributed by atoms with Crippen LogP contribution in [0.2, 0.25) is 0 Å². The minimum absolute atomic E-state index is 0.0936. The summed E-state index contributed by atoms with van der Waals surface area (Å²) in [7, 11) is 0. The Labute approximate surface area is 142 Å². The summed E-state index contributed by atoms with van der Waals surface area (Å²) in [5.41, 5.74) is 0. The van der Waals surface area contributed by atoms with Gasteiger partial charge >= 0.3 is 6.09 Å². The van der Waals surface area contributed by atoms with Crippen molar-refractivity contribution in [1.29, 1.82) is 0 Å². The van der Waals surface area contributed by atoms with Crippen molar-refractivity contribution in [2.75, 3.05) is 39.3 Å². The highest BCUT2D eigenvalue weighted by Gasteiger charge is 2.34. The average molecular weight is 341 g/mol. The highest BCUT2D eigenvalue weighted by molar-refractivity contribution is 5.86. The first kappa shape index (κ1) is 18.5. The molecule has 2 saturated heterocycles. The molecule has 1 atom stereocenters. The summed E-state index contributed by atoms with van der Waals surface area (Å²) in [6.07, 6.45) is 1.59. The van der Waals surface area contributed by atoms with Gasteiger partial charge in [-0.15, -0.1) is 0 Å². The lowest BCUT2D eigenvalue weighted by Gasteiger charge is -2.37. The fourth-order valence-corrected chi connectivity index (χ4v) is 3.36. The van der Waals surface area contributed by atoms with Crippen LogP contribution < -0.4 is 0 Å². The van der Waals surface area contributed by atoms with E-state index in [1.54, 1.807) is 11.8 Å². The summed E-state index contributed by atoms with van der Waals surface area (Å²) in [6.45, 7) is 4.34. The van der Waals surface area contributed by atoms with Crippen molar-refractivity contribution in [3.05, 3.63) is 0 Å². The van der Waals surface area contributed by atoms with Gasteiger partial charge in [-0.2, -0.15) is 0 Å². The van der Waals surface area contributed by atoms with Crippen LogP contribution in [0.3, 0.4) is 0 Å². The van der Waals surface area contributed by atoms with Crippen molar-refractivity contribution in [1.82, 2.24) is 14.7 Å². The molecule has 8 heteroatoms. The molecule has 0 aromatic rings. The smallest absolute Gasteiger partial charge is 0.408 e. The van der Waals surface area contributed by atoms with E-state index >= 15 is 0 Å². The lowest BCUT2D eigenvalue weighted by atomic mass is 9.97. The molecule has 0 spiro atoms. The summed E-state index contributed by atoms with van der Waals surface area (Å²) in [6, 6.07) is -0.663. The van der Waals surface area contributed by atoms with E-state index in [1.165, 1.54) is 0 Å². The SMILES string of the molecule is C[C@H]1C(=O)N(CCCC(=O)N2CCC(CO)CC2)CCN1C(=O)O. The lowest BCUT2D eigenvalue weighted by molar-refractivity contribution is -0.140. The molecule has 0 aromatic carbocycles. The van der Waals surface area contributed by atoms with E-state index in [0.717, 1.165) is 17.7 Å². The van der Waals surface area contributed by atoms with Crippen LogP contribution in [-0.4, -0.2) is 88.2 Å². The van der Waals surface area contributed by atoms with Gasteiger partial charge in [0.25, 0.3) is 0 Å². The monoisotopic (exact) mass is 341 g/mol. The molecule has 0 unspecified atom stereocenters. The minimum Gasteiger partial charge on any atom is -0.465 e. The highest BCUT2D eigenvalue weighted by Crippen LogP contribution is 2.18. The maximum absolute atomic E-state index is 12.2. The summed E-state index contributed by atoms with van der Waals surface area (Å²) >= 11 is 0. The molecule has 0 radical (unpaired) electrons. The van der Waals surface area contributed by atoms with Gasteiger partial charge in [0, 0.05) is 45.8 Å². The molecule has 8 nitrogen and oxygen atoms in total. The Hall–Kier alpha value is -1.83. The van der Waals surface area contributed by atoms with E-state index in [0.29, 0.717) is 51.5 Å². The van der Waals surface area contributed by atoms with Crippen LogP contribution in [0.5, 0.6) is 0 Å². The Kier molecular flexibility index (Phi) is 6.42. The molecule has 0 bridgehead atoms. The first-order valence-corrected chi connectivity index (χ1v) is 8.61. The van der Waals surface area contributed by atoms with Crippen LogP contribution >= 0.6 is 0 Å². The van der Waals surface area contributed by atoms with Crippen molar-refractivity contribution in [2.24, 2.45) is 5.92 Å². The van der Waals surface area contributed by atoms with E-state index in [4.69, 9.17) is 10.2 Å². The summed E-state index contributed by atoms with van der Waals surface area (Å²) < 4.78 is 0. The van der Waals surface area contributed by atoms with E-state index in [9.17, 15) is 14.4 Å². The number of aliphatic hydroxyl groups is 1. The van der Waals surface area contributed by atoms with Crippen LogP contribution in [0, 0.1) is 5.92 Å². The third-order valence-electron chi connectivity index (χ3n) is 5.04. The van der Waals surface area contributed by atoms with Crippen LogP contribution in [-0.2, 0) is 9.59 Å². The zero-order valence-corrected chi connectivity index (χ0v) is 14.2. The van der Waals surface area contributed by atoms with Crippen molar-refractivity contribution < 1.29 is 24.6 Å². The van der Waals surface area contributed by atoms with E-state index < -0.39 is 12.1 Å². The molecule has 0 saturated carbocycles. The Morgan fingerprint density at radius 3 is 2.42 bits per heavy atom. The van der Waals surface area contributed by atoms with Gasteiger partial charge in [0.2, 0.25) is 11.8 Å². The first-order chi connectivity index (χ1) is 11.4. The summed E-state index contributed by atoms with van der Waals surface area (Å²) in [5.74, 6) is 0.203. The minimum atomic E-state index is -1.07. The second kappa shape index (κ2) is 8.32. The normalized spacial score (nSPS) is 22.8. The fourth-order valence-electron chi connectivity index (χ4n) is 3.36. The molecule has 136 valence electrons. The van der Waals surface area contributed by atoms with Crippen molar-refractivity contribution in [2.45, 2.75) is 38.6 Å². The van der Waals surface area contributed by atoms with Crippen molar-refractivity contribution >= 4 is 17.9 Å². The Balaban J connectivity index is 1.71. The maximum atomic E-state index is 12.2. The van der Waals surface area contributed by atoms with Gasteiger partial charge in [0.1, 0.15) is 6.04 Å². The number of carboxylic acid groups (broad SMARTS) is 1. The predicted molar refractivity (Wildman–Crippen MR) is 86.4 cm³/mol. The number of rotatable bonds is 5. The van der Waals surface area contributed by atoms with Gasteiger partial charge in [-0.1, -0.05) is 0 Å². The first-order valence-electron chi connectivity index (χ1n) is 8.61. The third-order valence-corrected chi connectivity index (χ3v) is 5.04. The zero-order chi connectivity index (χ0) is 17.7. The number of carbonyl (C=O) groups is 3. The third kappa shape index (κ3) is 4.37. The zero-order valence-electron chi connectivity index (χ0n) is 14.2. The van der Waals surface area contributed by atoms with Gasteiger partial charge in [-0.3, -0.25) is 14.5 Å². The standard InChI is InChI=1S/C16H27N3O5/c1-12-15(22)18(9-10-19(12)16(23)24)6-2-3-14(21)17-7-4-13(11-20)5-8-17/h12-13,20H,2-11H2,1H3,(H,23,24)/t12-/m0/s1. The number of piperazine rings is 1. The number of likely N-dealkylation sites (tertiary alicyclic amines) is 1. The second-order valence-corrected chi connectivity index (χ2v) is 6.59. The molecular formula is C16H27N3O5. The summed E-state index contributed by atoms with van der Waals surface area (Å²) in [4.78, 5) is 40.0. The lowest BCUT2D eigenvalue weighted by Crippen LogP contribution is -2.57. The van der Waals surface area contributed by atoms with Gasteiger partial charge in [0.15, 0.2) is 0 Å². The number of amides is 3. The van der Waals surface area contributed by atoms with E-state index in [2.05, 4.69) is 0 Å². The van der Waals surface area contributed by atoms with Crippen LogP contribution in [0.4, 0.5) is 4.79 Å². The Morgan fingerprint density at radius 1 is 1.17 bits per heavy atom. The molecule has 2 rings (SSSR count). The largest absolute Gasteiger partial charge is 0.465 e. The molecule has 0 aromatic heterocycles. The number of piperidine rings is 1. The molecular weight excluding hydrogens is 314 g/mol. The molecule has 2 fully saturated rings. The molecule has 0 aliphatic carbocycles. The molecule has 2 heterocycles. The number of carbonyl (C=O) groups excluding carboxylic acids is 2. The Bertz CT molecular complexity index is 476. The maximum Gasteiger partial charge on any atom is 0.408 e. The average Bonchev–Trinajstić information content (AvgIpc) is 2.58. The van der Waals surface area contributed by atoms with Gasteiger partial charge in [-0.05, 0) is 32.1 Å². The van der Waals surface area contributed by atoms with Crippen LogP contribution in [0.25, 0.3) is 0 Å². The van der Waals surface area contributed by atoms with E-state index in [1.807, 2.05) is 4.90 Å². The number of hydrogen-bond donors (Lipinski definition) is 2. The summed E-state index contributed by atoms with van der Waals surface area (Å²) in [5, 5.41) is 18.2. The van der Waals surface area contributed by atoms with Gasteiger partial charge in [-0.25, -0.2) is 4.79 Å². The van der Waals surface area contributed by atoms with Crippen LogP contribution in [0.1, 0.15) is 32.6 Å². The molecule has 2 aliphatic heterocycles. The number of nitrogens with zero attached hydrogens (tertiary/aromatic N) is 3. The van der Waals surface area contributed by atoms with Crippen molar-refractivity contribution in [3.8, 4) is 0 Å². The predicted octanol–water partition coefficient (Wildman–Crippen LogP) is 0.208. The second-order valence-electron chi connectivity index (χ2n) is 6.59. The highest BCUT2D eigenvalue weighted by atomic mass is 16.4. The topological polar surface area (TPSA) is 101 Å².